The van der Waals surface area contributed by atoms with Gasteiger partial charge in [0.05, 0.1) is 12.2 Å². The van der Waals surface area contributed by atoms with Crippen LogP contribution in [0.5, 0.6) is 0 Å². The number of benzene rings is 1. The molecule has 0 unspecified atom stereocenters. The molecule has 0 fully saturated rings. The maximum absolute atomic E-state index is 11.3. The summed E-state index contributed by atoms with van der Waals surface area (Å²) in [6, 6.07) is 5.88. The number of aliphatic hydroxyl groups is 1. The van der Waals surface area contributed by atoms with Crippen molar-refractivity contribution in [3.63, 3.8) is 0 Å². The van der Waals surface area contributed by atoms with Crippen LogP contribution in [0.2, 0.25) is 0 Å². The fourth-order valence-corrected chi connectivity index (χ4v) is 1.90. The first-order valence-electron chi connectivity index (χ1n) is 6.49. The predicted molar refractivity (Wildman–Crippen MR) is 76.8 cm³/mol. The molecule has 0 aromatic heterocycles. The van der Waals surface area contributed by atoms with Gasteiger partial charge in [0.25, 0.3) is 0 Å². The van der Waals surface area contributed by atoms with Crippen LogP contribution in [0.1, 0.15) is 37.5 Å². The van der Waals surface area contributed by atoms with E-state index in [0.717, 1.165) is 16.7 Å². The van der Waals surface area contributed by atoms with Crippen molar-refractivity contribution >= 4 is 12.0 Å². The highest BCUT2D eigenvalue weighted by atomic mass is 16.5. The molecule has 1 aromatic rings. The molecule has 1 rings (SSSR count). The first-order valence-corrected chi connectivity index (χ1v) is 6.49. The Bertz CT molecular complexity index is 467. The van der Waals surface area contributed by atoms with Crippen molar-refractivity contribution in [2.75, 3.05) is 6.61 Å². The van der Waals surface area contributed by atoms with E-state index in [0.29, 0.717) is 13.0 Å². The van der Waals surface area contributed by atoms with E-state index in [4.69, 9.17) is 4.74 Å². The Morgan fingerprint density at radius 2 is 2.11 bits per heavy atom. The average molecular weight is 262 g/mol. The lowest BCUT2D eigenvalue weighted by Crippen LogP contribution is -2.23. The molecule has 0 atom stereocenters. The number of carbonyl (C=O) groups is 1. The Labute approximate surface area is 114 Å². The van der Waals surface area contributed by atoms with Crippen LogP contribution in [0.15, 0.2) is 24.3 Å². The van der Waals surface area contributed by atoms with Crippen LogP contribution in [0.3, 0.4) is 0 Å². The molecule has 0 saturated carbocycles. The molecule has 104 valence electrons. The van der Waals surface area contributed by atoms with Gasteiger partial charge in [-0.3, -0.25) is 0 Å². The molecule has 3 heteroatoms. The summed E-state index contributed by atoms with van der Waals surface area (Å²) >= 11 is 0. The maximum Gasteiger partial charge on any atom is 0.330 e. The molecule has 0 saturated heterocycles. The molecule has 0 amide bonds. The normalized spacial score (nSPS) is 11.8. The number of esters is 1. The molecular formula is C16H22O3. The van der Waals surface area contributed by atoms with Gasteiger partial charge in [-0.2, -0.15) is 0 Å². The fraction of sp³-hybridized carbons (Fsp3) is 0.438. The van der Waals surface area contributed by atoms with Crippen molar-refractivity contribution in [2.24, 2.45) is 0 Å². The quantitative estimate of drug-likeness (QED) is 0.655. The van der Waals surface area contributed by atoms with Gasteiger partial charge in [0, 0.05) is 12.5 Å². The summed E-state index contributed by atoms with van der Waals surface area (Å²) in [5, 5.41) is 9.97. The van der Waals surface area contributed by atoms with Gasteiger partial charge in [0.2, 0.25) is 0 Å². The molecule has 3 nitrogen and oxygen atoms in total. The Kier molecular flexibility index (Phi) is 5.31. The fourth-order valence-electron chi connectivity index (χ4n) is 1.90. The van der Waals surface area contributed by atoms with E-state index in [-0.39, 0.29) is 5.97 Å². The first kappa shape index (κ1) is 15.4. The van der Waals surface area contributed by atoms with Gasteiger partial charge < -0.3 is 9.84 Å². The molecule has 0 radical (unpaired) electrons. The molecule has 1 aromatic carbocycles. The monoisotopic (exact) mass is 262 g/mol. The minimum absolute atomic E-state index is 0.349. The Morgan fingerprint density at radius 1 is 1.42 bits per heavy atom. The van der Waals surface area contributed by atoms with Crippen molar-refractivity contribution in [1.29, 1.82) is 0 Å². The molecular weight excluding hydrogens is 240 g/mol. The third-order valence-corrected chi connectivity index (χ3v) is 2.74. The first-order chi connectivity index (χ1) is 8.83. The molecule has 0 heterocycles. The number of hydrogen-bond acceptors (Lipinski definition) is 3. The van der Waals surface area contributed by atoms with E-state index in [1.54, 1.807) is 26.8 Å². The number of aryl methyl sites for hydroxylation is 1. The van der Waals surface area contributed by atoms with Gasteiger partial charge in [0.1, 0.15) is 0 Å². The second kappa shape index (κ2) is 6.53. The van der Waals surface area contributed by atoms with Crippen LogP contribution in [-0.2, 0) is 16.0 Å². The molecule has 1 N–H and O–H groups in total. The molecule has 0 bridgehead atoms. The number of ether oxygens (including phenoxy) is 1. The predicted octanol–water partition coefficient (Wildman–Crippen LogP) is 2.88. The largest absolute Gasteiger partial charge is 0.463 e. The lowest BCUT2D eigenvalue weighted by atomic mass is 9.91. The van der Waals surface area contributed by atoms with Gasteiger partial charge in [-0.15, -0.1) is 0 Å². The topological polar surface area (TPSA) is 46.5 Å². The SMILES string of the molecule is CCOC(=O)/C=C/c1cccc(C)c1CC(C)(C)O. The lowest BCUT2D eigenvalue weighted by molar-refractivity contribution is -0.137. The second-order valence-corrected chi connectivity index (χ2v) is 5.22. The maximum atomic E-state index is 11.3. The minimum Gasteiger partial charge on any atom is -0.463 e. The van der Waals surface area contributed by atoms with Gasteiger partial charge in [-0.05, 0) is 50.5 Å². The van der Waals surface area contributed by atoms with Crippen LogP contribution in [0.25, 0.3) is 6.08 Å². The standard InChI is InChI=1S/C16H22O3/c1-5-19-15(17)10-9-13-8-6-7-12(2)14(13)11-16(3,4)18/h6-10,18H,5,11H2,1-4H3/b10-9+. The van der Waals surface area contributed by atoms with E-state index < -0.39 is 5.60 Å². The van der Waals surface area contributed by atoms with Crippen LogP contribution < -0.4 is 0 Å². The van der Waals surface area contributed by atoms with E-state index in [2.05, 4.69) is 0 Å². The molecule has 19 heavy (non-hydrogen) atoms. The van der Waals surface area contributed by atoms with Gasteiger partial charge >= 0.3 is 5.97 Å². The third kappa shape index (κ3) is 5.26. The van der Waals surface area contributed by atoms with Gasteiger partial charge in [-0.25, -0.2) is 4.79 Å². The average Bonchev–Trinajstić information content (AvgIpc) is 2.29. The van der Waals surface area contributed by atoms with Crippen molar-refractivity contribution in [1.82, 2.24) is 0 Å². The zero-order valence-corrected chi connectivity index (χ0v) is 12.1. The van der Waals surface area contributed by atoms with Crippen LogP contribution >= 0.6 is 0 Å². The Balaban J connectivity index is 3.01. The summed E-state index contributed by atoms with van der Waals surface area (Å²) in [5.41, 5.74) is 2.32. The van der Waals surface area contributed by atoms with Gasteiger partial charge in [-0.1, -0.05) is 18.2 Å². The summed E-state index contributed by atoms with van der Waals surface area (Å²) in [5.74, 6) is -0.349. The van der Waals surface area contributed by atoms with E-state index in [1.807, 2.05) is 25.1 Å². The Morgan fingerprint density at radius 3 is 2.68 bits per heavy atom. The summed E-state index contributed by atoms with van der Waals surface area (Å²) in [4.78, 5) is 11.3. The van der Waals surface area contributed by atoms with Crippen molar-refractivity contribution in [3.8, 4) is 0 Å². The summed E-state index contributed by atoms with van der Waals surface area (Å²) in [6.07, 6.45) is 3.71. The number of hydrogen-bond donors (Lipinski definition) is 1. The van der Waals surface area contributed by atoms with E-state index >= 15 is 0 Å². The minimum atomic E-state index is -0.779. The highest BCUT2D eigenvalue weighted by Crippen LogP contribution is 2.21. The highest BCUT2D eigenvalue weighted by Gasteiger charge is 2.16. The summed E-state index contributed by atoms with van der Waals surface area (Å²) in [7, 11) is 0. The Hall–Kier alpha value is -1.61. The van der Waals surface area contributed by atoms with Crippen molar-refractivity contribution < 1.29 is 14.6 Å². The van der Waals surface area contributed by atoms with E-state index in [9.17, 15) is 9.90 Å². The highest BCUT2D eigenvalue weighted by molar-refractivity contribution is 5.87. The van der Waals surface area contributed by atoms with Crippen molar-refractivity contribution in [3.05, 3.63) is 41.0 Å². The van der Waals surface area contributed by atoms with Crippen molar-refractivity contribution in [2.45, 2.75) is 39.7 Å². The zero-order valence-electron chi connectivity index (χ0n) is 12.1. The molecule has 0 aliphatic heterocycles. The molecule has 0 aliphatic carbocycles. The number of rotatable bonds is 5. The van der Waals surface area contributed by atoms with Crippen LogP contribution in [0, 0.1) is 6.92 Å². The van der Waals surface area contributed by atoms with E-state index in [1.165, 1.54) is 6.08 Å². The van der Waals surface area contributed by atoms with Crippen LogP contribution in [-0.4, -0.2) is 23.3 Å². The molecule has 0 spiro atoms. The lowest BCUT2D eigenvalue weighted by Gasteiger charge is -2.20. The third-order valence-electron chi connectivity index (χ3n) is 2.74. The summed E-state index contributed by atoms with van der Waals surface area (Å²) < 4.78 is 4.86. The summed E-state index contributed by atoms with van der Waals surface area (Å²) in [6.45, 7) is 7.70. The zero-order chi connectivity index (χ0) is 14.5. The number of carbonyl (C=O) groups excluding carboxylic acids is 1. The smallest absolute Gasteiger partial charge is 0.330 e. The second-order valence-electron chi connectivity index (χ2n) is 5.22. The molecule has 0 aliphatic rings. The van der Waals surface area contributed by atoms with Gasteiger partial charge in [0.15, 0.2) is 0 Å². The van der Waals surface area contributed by atoms with Crippen LogP contribution in [0.4, 0.5) is 0 Å².